The van der Waals surface area contributed by atoms with Crippen molar-refractivity contribution in [3.8, 4) is 5.75 Å². The summed E-state index contributed by atoms with van der Waals surface area (Å²) >= 11 is 0. The molecular weight excluding hydrogens is 278 g/mol. The van der Waals surface area contributed by atoms with E-state index in [0.29, 0.717) is 17.9 Å². The van der Waals surface area contributed by atoms with E-state index in [2.05, 4.69) is 5.32 Å². The van der Waals surface area contributed by atoms with Crippen LogP contribution in [0.1, 0.15) is 11.6 Å². The molecule has 0 radical (unpaired) electrons. The monoisotopic (exact) mass is 297 g/mol. The highest BCUT2D eigenvalue weighted by molar-refractivity contribution is 5.85. The number of carboxylic acids is 1. The molecule has 21 heavy (non-hydrogen) atoms. The quantitative estimate of drug-likeness (QED) is 0.648. The summed E-state index contributed by atoms with van der Waals surface area (Å²) in [6, 6.07) is 5.31. The second-order valence-electron chi connectivity index (χ2n) is 4.16. The molecule has 0 fully saturated rings. The first-order valence-electron chi connectivity index (χ1n) is 6.31. The average molecular weight is 297 g/mol. The maximum atomic E-state index is 11.7. The van der Waals surface area contributed by atoms with E-state index >= 15 is 0 Å². The Morgan fingerprint density at radius 1 is 1.19 bits per heavy atom. The summed E-state index contributed by atoms with van der Waals surface area (Å²) in [5, 5.41) is 11.6. The van der Waals surface area contributed by atoms with Gasteiger partial charge in [-0.3, -0.25) is 4.79 Å². The molecule has 1 amide bonds. The van der Waals surface area contributed by atoms with Gasteiger partial charge in [-0.25, -0.2) is 4.79 Å². The average Bonchev–Trinajstić information content (AvgIpc) is 2.49. The molecule has 0 bridgehead atoms. The number of carbonyl (C=O) groups excluding carboxylic acids is 1. The third-order valence-electron chi connectivity index (χ3n) is 2.67. The highest BCUT2D eigenvalue weighted by Crippen LogP contribution is 2.17. The summed E-state index contributed by atoms with van der Waals surface area (Å²) in [7, 11) is 3.04. The van der Waals surface area contributed by atoms with Crippen LogP contribution in [0, 0.1) is 0 Å². The highest BCUT2D eigenvalue weighted by atomic mass is 16.5. The zero-order valence-corrected chi connectivity index (χ0v) is 12.0. The first kappa shape index (κ1) is 16.9. The number of nitrogens with one attached hydrogen (secondary N) is 1. The molecule has 1 unspecified atom stereocenters. The largest absolute Gasteiger partial charge is 0.497 e. The van der Waals surface area contributed by atoms with Crippen LogP contribution in [0.15, 0.2) is 24.3 Å². The molecule has 0 saturated carbocycles. The number of rotatable bonds is 9. The molecule has 1 aromatic rings. The highest BCUT2D eigenvalue weighted by Gasteiger charge is 2.22. The van der Waals surface area contributed by atoms with Gasteiger partial charge in [0.15, 0.2) is 6.04 Å². The van der Waals surface area contributed by atoms with Crippen molar-refractivity contribution in [2.45, 2.75) is 6.04 Å². The topological polar surface area (TPSA) is 94.1 Å². The van der Waals surface area contributed by atoms with Gasteiger partial charge in [-0.05, 0) is 17.7 Å². The van der Waals surface area contributed by atoms with Crippen LogP contribution in [0.25, 0.3) is 0 Å². The lowest BCUT2D eigenvalue weighted by Crippen LogP contribution is -2.36. The van der Waals surface area contributed by atoms with E-state index in [-0.39, 0.29) is 13.2 Å². The van der Waals surface area contributed by atoms with Crippen LogP contribution < -0.4 is 10.1 Å². The van der Waals surface area contributed by atoms with Gasteiger partial charge in [0, 0.05) is 7.11 Å². The van der Waals surface area contributed by atoms with Gasteiger partial charge < -0.3 is 24.6 Å². The van der Waals surface area contributed by atoms with Crippen molar-refractivity contribution in [2.75, 3.05) is 34.0 Å². The second kappa shape index (κ2) is 8.93. The molecule has 0 heterocycles. The Kier molecular flexibility index (Phi) is 7.20. The van der Waals surface area contributed by atoms with E-state index in [0.717, 1.165) is 0 Å². The molecule has 0 spiro atoms. The maximum absolute atomic E-state index is 11.7. The molecule has 1 atom stereocenters. The molecule has 2 N–H and O–H groups in total. The summed E-state index contributed by atoms with van der Waals surface area (Å²) in [5.41, 5.74) is 0.452. The summed E-state index contributed by atoms with van der Waals surface area (Å²) in [5.74, 6) is -1.04. The van der Waals surface area contributed by atoms with Crippen molar-refractivity contribution in [1.82, 2.24) is 5.32 Å². The van der Waals surface area contributed by atoms with Crippen molar-refractivity contribution < 1.29 is 28.9 Å². The zero-order valence-electron chi connectivity index (χ0n) is 12.0. The fourth-order valence-corrected chi connectivity index (χ4v) is 1.59. The van der Waals surface area contributed by atoms with Crippen molar-refractivity contribution in [1.29, 1.82) is 0 Å². The lowest BCUT2D eigenvalue weighted by atomic mass is 10.1. The van der Waals surface area contributed by atoms with Gasteiger partial charge in [0.25, 0.3) is 0 Å². The minimum Gasteiger partial charge on any atom is -0.497 e. The zero-order chi connectivity index (χ0) is 15.7. The standard InChI is InChI=1S/C14H19NO6/c1-19-7-8-21-9-12(16)15-13(14(17)18)10-3-5-11(20-2)6-4-10/h3-6,13H,7-9H2,1-2H3,(H,15,16)(H,17,18). The summed E-state index contributed by atoms with van der Waals surface area (Å²) in [6.45, 7) is 0.418. The molecule has 0 aliphatic heterocycles. The Labute approximate surface area is 122 Å². The number of methoxy groups -OCH3 is 2. The van der Waals surface area contributed by atoms with Gasteiger partial charge in [-0.15, -0.1) is 0 Å². The van der Waals surface area contributed by atoms with Crippen LogP contribution >= 0.6 is 0 Å². The van der Waals surface area contributed by atoms with E-state index in [1.165, 1.54) is 14.2 Å². The molecule has 7 heteroatoms. The molecule has 7 nitrogen and oxygen atoms in total. The van der Waals surface area contributed by atoms with Crippen molar-refractivity contribution in [3.05, 3.63) is 29.8 Å². The minimum atomic E-state index is -1.15. The predicted molar refractivity (Wildman–Crippen MR) is 74.2 cm³/mol. The van der Waals surface area contributed by atoms with Gasteiger partial charge in [0.05, 0.1) is 20.3 Å². The third-order valence-corrected chi connectivity index (χ3v) is 2.67. The van der Waals surface area contributed by atoms with Crippen LogP contribution in [0.2, 0.25) is 0 Å². The van der Waals surface area contributed by atoms with Crippen LogP contribution in [0.3, 0.4) is 0 Å². The van der Waals surface area contributed by atoms with Crippen LogP contribution in [0.4, 0.5) is 0 Å². The number of hydrogen-bond donors (Lipinski definition) is 2. The predicted octanol–water partition coefficient (Wildman–Crippen LogP) is 0.600. The lowest BCUT2D eigenvalue weighted by molar-refractivity contribution is -0.142. The molecule has 0 saturated heterocycles. The SMILES string of the molecule is COCCOCC(=O)NC(C(=O)O)c1ccc(OC)cc1. The first-order chi connectivity index (χ1) is 10.1. The first-order valence-corrected chi connectivity index (χ1v) is 6.31. The second-order valence-corrected chi connectivity index (χ2v) is 4.16. The van der Waals surface area contributed by atoms with Gasteiger partial charge in [0.2, 0.25) is 5.91 Å². The molecule has 0 aliphatic carbocycles. The number of carboxylic acid groups (broad SMARTS) is 1. The number of ether oxygens (including phenoxy) is 3. The number of aliphatic carboxylic acids is 1. The number of hydrogen-bond acceptors (Lipinski definition) is 5. The van der Waals surface area contributed by atoms with Crippen molar-refractivity contribution in [2.24, 2.45) is 0 Å². The number of benzene rings is 1. The van der Waals surface area contributed by atoms with Crippen molar-refractivity contribution >= 4 is 11.9 Å². The Morgan fingerprint density at radius 3 is 2.38 bits per heavy atom. The Balaban J connectivity index is 2.60. The van der Waals surface area contributed by atoms with Crippen LogP contribution in [0.5, 0.6) is 5.75 Å². The van der Waals surface area contributed by atoms with E-state index in [9.17, 15) is 14.7 Å². The smallest absolute Gasteiger partial charge is 0.330 e. The molecule has 0 aliphatic rings. The van der Waals surface area contributed by atoms with E-state index in [1.807, 2.05) is 0 Å². The Hall–Kier alpha value is -2.12. The molecule has 1 rings (SSSR count). The van der Waals surface area contributed by atoms with Gasteiger partial charge in [-0.1, -0.05) is 12.1 Å². The number of amides is 1. The fraction of sp³-hybridized carbons (Fsp3) is 0.429. The summed E-state index contributed by atoms with van der Waals surface area (Å²) in [6.07, 6.45) is 0. The molecule has 1 aromatic carbocycles. The van der Waals surface area contributed by atoms with Crippen molar-refractivity contribution in [3.63, 3.8) is 0 Å². The Bertz CT molecular complexity index is 459. The van der Waals surface area contributed by atoms with Gasteiger partial charge in [0.1, 0.15) is 12.4 Å². The fourth-order valence-electron chi connectivity index (χ4n) is 1.59. The van der Waals surface area contributed by atoms with E-state index < -0.39 is 17.9 Å². The molecule has 0 aromatic heterocycles. The number of carbonyl (C=O) groups is 2. The van der Waals surface area contributed by atoms with E-state index in [4.69, 9.17) is 14.2 Å². The normalized spacial score (nSPS) is 11.7. The lowest BCUT2D eigenvalue weighted by Gasteiger charge is -2.15. The minimum absolute atomic E-state index is 0.219. The molecular formula is C14H19NO6. The Morgan fingerprint density at radius 2 is 1.86 bits per heavy atom. The summed E-state index contributed by atoms with van der Waals surface area (Å²) in [4.78, 5) is 22.9. The van der Waals surface area contributed by atoms with Crippen LogP contribution in [-0.2, 0) is 19.1 Å². The van der Waals surface area contributed by atoms with Gasteiger partial charge in [-0.2, -0.15) is 0 Å². The van der Waals surface area contributed by atoms with Crippen LogP contribution in [-0.4, -0.2) is 51.0 Å². The van der Waals surface area contributed by atoms with E-state index in [1.54, 1.807) is 24.3 Å². The molecule has 116 valence electrons. The van der Waals surface area contributed by atoms with Gasteiger partial charge >= 0.3 is 5.97 Å². The third kappa shape index (κ3) is 5.80. The maximum Gasteiger partial charge on any atom is 0.330 e. The summed E-state index contributed by atoms with van der Waals surface area (Å²) < 4.78 is 14.8.